The summed E-state index contributed by atoms with van der Waals surface area (Å²) < 4.78 is 8.58. The van der Waals surface area contributed by atoms with Gasteiger partial charge in [-0.3, -0.25) is 14.0 Å². The van der Waals surface area contributed by atoms with Crippen LogP contribution in [0, 0.1) is 6.92 Å². The molecule has 3 N–H and O–H groups in total. The van der Waals surface area contributed by atoms with Crippen LogP contribution in [0.5, 0.6) is 5.75 Å². The number of carbonyl (C=O) groups is 1. The minimum atomic E-state index is -0.247. The molecule has 180 valence electrons. The number of aryl methyl sites for hydroxylation is 3. The van der Waals surface area contributed by atoms with Gasteiger partial charge >= 0.3 is 0 Å². The number of hydrogen-bond donors (Lipinski definition) is 2. The number of nitrogens with zero attached hydrogens (tertiary/aromatic N) is 3. The smallest absolute Gasteiger partial charge is 0.278 e. The summed E-state index contributed by atoms with van der Waals surface area (Å²) >= 11 is 0. The number of pyridine rings is 2. The number of aromatic nitrogens is 3. The second-order valence-electron chi connectivity index (χ2n) is 9.19. The molecule has 0 atom stereocenters. The SMILES string of the molecule is COc1ccc(CC[n+]2c(N)c(C(=O)NC3CCCC3)cc3c(=O)n4cccc(C)c4nc32)cc1. The van der Waals surface area contributed by atoms with Crippen molar-refractivity contribution in [1.29, 1.82) is 0 Å². The first-order valence-electron chi connectivity index (χ1n) is 12.0. The van der Waals surface area contributed by atoms with Crippen molar-refractivity contribution in [3.8, 4) is 5.75 Å². The summed E-state index contributed by atoms with van der Waals surface area (Å²) in [6, 6.07) is 13.3. The highest BCUT2D eigenvalue weighted by Crippen LogP contribution is 2.21. The van der Waals surface area contributed by atoms with Crippen molar-refractivity contribution < 1.29 is 14.1 Å². The molecule has 0 saturated heterocycles. The predicted molar refractivity (Wildman–Crippen MR) is 135 cm³/mol. The minimum absolute atomic E-state index is 0.142. The number of rotatable bonds is 6. The largest absolute Gasteiger partial charge is 0.497 e. The van der Waals surface area contributed by atoms with Crippen molar-refractivity contribution in [2.24, 2.45) is 0 Å². The van der Waals surface area contributed by atoms with Gasteiger partial charge in [-0.25, -0.2) is 4.57 Å². The Balaban J connectivity index is 1.63. The summed E-state index contributed by atoms with van der Waals surface area (Å²) in [5.41, 5.74) is 9.71. The Labute approximate surface area is 203 Å². The number of nitrogens with two attached hydrogens (primary N) is 1. The summed E-state index contributed by atoms with van der Waals surface area (Å²) in [5, 5.41) is 3.47. The maximum atomic E-state index is 13.5. The Kier molecular flexibility index (Phi) is 6.11. The van der Waals surface area contributed by atoms with Crippen LogP contribution in [-0.2, 0) is 13.0 Å². The fraction of sp³-hybridized carbons (Fsp3) is 0.333. The number of ether oxygens (including phenoxy) is 1. The maximum absolute atomic E-state index is 13.5. The van der Waals surface area contributed by atoms with Crippen LogP contribution in [0.4, 0.5) is 5.82 Å². The van der Waals surface area contributed by atoms with E-state index in [2.05, 4.69) is 5.32 Å². The number of amides is 1. The summed E-state index contributed by atoms with van der Waals surface area (Å²) in [5.74, 6) is 0.850. The normalized spacial score (nSPS) is 14.0. The number of methoxy groups -OCH3 is 1. The monoisotopic (exact) mass is 472 g/mol. The predicted octanol–water partition coefficient (Wildman–Crippen LogP) is 2.95. The molecule has 1 aliphatic rings. The summed E-state index contributed by atoms with van der Waals surface area (Å²) in [6.07, 6.45) is 6.49. The van der Waals surface area contributed by atoms with E-state index in [1.807, 2.05) is 43.3 Å². The van der Waals surface area contributed by atoms with Gasteiger partial charge < -0.3 is 15.8 Å². The summed E-state index contributed by atoms with van der Waals surface area (Å²) in [7, 11) is 1.64. The number of anilines is 1. The molecule has 4 aromatic rings. The second kappa shape index (κ2) is 9.37. The second-order valence-corrected chi connectivity index (χ2v) is 9.19. The first kappa shape index (κ1) is 22.8. The van der Waals surface area contributed by atoms with Crippen LogP contribution in [0.3, 0.4) is 0 Å². The molecular formula is C27H30N5O3+. The zero-order valence-corrected chi connectivity index (χ0v) is 20.1. The van der Waals surface area contributed by atoms with Crippen LogP contribution in [0.15, 0.2) is 53.5 Å². The average molecular weight is 473 g/mol. The van der Waals surface area contributed by atoms with E-state index in [1.54, 1.807) is 23.9 Å². The first-order chi connectivity index (χ1) is 17.0. The first-order valence-corrected chi connectivity index (χ1v) is 12.0. The van der Waals surface area contributed by atoms with E-state index in [0.717, 1.165) is 42.6 Å². The molecule has 1 amide bonds. The lowest BCUT2D eigenvalue weighted by atomic mass is 10.1. The van der Waals surface area contributed by atoms with Crippen molar-refractivity contribution in [3.63, 3.8) is 0 Å². The number of nitrogens with one attached hydrogen (secondary N) is 1. The van der Waals surface area contributed by atoms with E-state index >= 15 is 0 Å². The highest BCUT2D eigenvalue weighted by atomic mass is 16.5. The van der Waals surface area contributed by atoms with Crippen LogP contribution in [-0.4, -0.2) is 28.4 Å². The van der Waals surface area contributed by atoms with E-state index in [-0.39, 0.29) is 17.5 Å². The molecule has 1 aliphatic carbocycles. The molecule has 5 rings (SSSR count). The van der Waals surface area contributed by atoms with E-state index < -0.39 is 0 Å². The third kappa shape index (κ3) is 4.32. The third-order valence-corrected chi connectivity index (χ3v) is 6.89. The van der Waals surface area contributed by atoms with Gasteiger partial charge in [0.05, 0.1) is 13.7 Å². The summed E-state index contributed by atoms with van der Waals surface area (Å²) in [4.78, 5) is 31.6. The number of carbonyl (C=O) groups excluding carboxylic acids is 1. The molecule has 0 unspecified atom stereocenters. The van der Waals surface area contributed by atoms with E-state index in [1.165, 1.54) is 4.40 Å². The Morgan fingerprint density at radius 3 is 2.69 bits per heavy atom. The van der Waals surface area contributed by atoms with Gasteiger partial charge in [-0.15, -0.1) is 0 Å². The lowest BCUT2D eigenvalue weighted by Gasteiger charge is -2.15. The van der Waals surface area contributed by atoms with Crippen molar-refractivity contribution >= 4 is 28.4 Å². The topological polar surface area (TPSA) is 103 Å². The minimum Gasteiger partial charge on any atom is -0.497 e. The molecule has 8 heteroatoms. The molecule has 0 aliphatic heterocycles. The Bertz CT molecular complexity index is 1470. The Morgan fingerprint density at radius 2 is 1.97 bits per heavy atom. The zero-order valence-electron chi connectivity index (χ0n) is 20.1. The molecular weight excluding hydrogens is 442 g/mol. The molecule has 0 radical (unpaired) electrons. The standard InChI is InChI=1S/C27H29N5O3/c1-17-6-5-14-32-24(17)30-25-22(27(32)34)16-21(26(33)29-19-7-3-4-8-19)23(28)31(25)15-13-18-9-11-20(35-2)12-10-18/h5-6,9-12,14,16,19,28H,3-4,7-8,13,15H2,1-2H3,(H,29,33)/p+1. The van der Waals surface area contributed by atoms with Crippen LogP contribution in [0.25, 0.3) is 16.7 Å². The van der Waals surface area contributed by atoms with Gasteiger partial charge in [0.25, 0.3) is 17.1 Å². The van der Waals surface area contributed by atoms with E-state index in [0.29, 0.717) is 41.0 Å². The number of benzene rings is 1. The van der Waals surface area contributed by atoms with Gasteiger partial charge in [-0.1, -0.05) is 36.0 Å². The fourth-order valence-electron chi connectivity index (χ4n) is 4.88. The average Bonchev–Trinajstić information content (AvgIpc) is 3.37. The van der Waals surface area contributed by atoms with Crippen LogP contribution >= 0.6 is 0 Å². The van der Waals surface area contributed by atoms with Crippen molar-refractivity contribution in [1.82, 2.24) is 14.7 Å². The highest BCUT2D eigenvalue weighted by Gasteiger charge is 2.26. The van der Waals surface area contributed by atoms with Gasteiger partial charge in [0.1, 0.15) is 16.7 Å². The third-order valence-electron chi connectivity index (χ3n) is 6.89. The van der Waals surface area contributed by atoms with Crippen molar-refractivity contribution in [2.75, 3.05) is 12.8 Å². The van der Waals surface area contributed by atoms with E-state index in [9.17, 15) is 9.59 Å². The molecule has 1 fully saturated rings. The number of nitrogen functional groups attached to an aromatic ring is 1. The quantitative estimate of drug-likeness (QED) is 0.332. The zero-order chi connectivity index (χ0) is 24.5. The molecule has 8 nitrogen and oxygen atoms in total. The highest BCUT2D eigenvalue weighted by molar-refractivity contribution is 6.00. The molecule has 1 aromatic carbocycles. The summed E-state index contributed by atoms with van der Waals surface area (Å²) in [6.45, 7) is 2.38. The fourth-order valence-corrected chi connectivity index (χ4v) is 4.88. The van der Waals surface area contributed by atoms with Gasteiger partial charge in [-0.05, 0) is 49.6 Å². The van der Waals surface area contributed by atoms with Crippen molar-refractivity contribution in [3.05, 3.63) is 75.7 Å². The Morgan fingerprint density at radius 1 is 1.23 bits per heavy atom. The van der Waals surface area contributed by atoms with Crippen LogP contribution < -0.4 is 25.9 Å². The van der Waals surface area contributed by atoms with E-state index in [4.69, 9.17) is 15.5 Å². The maximum Gasteiger partial charge on any atom is 0.278 e. The van der Waals surface area contributed by atoms with Crippen molar-refractivity contribution in [2.45, 2.75) is 51.6 Å². The number of hydrogen-bond acceptors (Lipinski definition) is 5. The molecule has 1 saturated carbocycles. The van der Waals surface area contributed by atoms with Crippen LogP contribution in [0.2, 0.25) is 0 Å². The lowest BCUT2D eigenvalue weighted by molar-refractivity contribution is -0.658. The number of fused-ring (bicyclic) bond motifs is 2. The van der Waals surface area contributed by atoms with Gasteiger partial charge in [-0.2, -0.15) is 0 Å². The van der Waals surface area contributed by atoms with Gasteiger partial charge in [0, 0.05) is 24.2 Å². The van der Waals surface area contributed by atoms with Gasteiger partial charge in [0.2, 0.25) is 11.5 Å². The molecule has 3 heterocycles. The Hall–Kier alpha value is -3.94. The molecule has 35 heavy (non-hydrogen) atoms. The van der Waals surface area contributed by atoms with Crippen LogP contribution in [0.1, 0.15) is 47.2 Å². The molecule has 3 aromatic heterocycles. The lowest BCUT2D eigenvalue weighted by Crippen LogP contribution is -2.44. The van der Waals surface area contributed by atoms with Gasteiger partial charge in [0.15, 0.2) is 0 Å². The molecule has 0 spiro atoms. The molecule has 0 bridgehead atoms.